The smallest absolute Gasteiger partial charge is 0.267 e. The van der Waals surface area contributed by atoms with Gasteiger partial charge in [0.15, 0.2) is 0 Å². The molecule has 1 aliphatic rings. The molecule has 2 aromatic rings. The Bertz CT molecular complexity index is 1000. The van der Waals surface area contributed by atoms with Crippen LogP contribution in [0.25, 0.3) is 0 Å². The molecule has 0 saturated carbocycles. The first kappa shape index (κ1) is 25.8. The van der Waals surface area contributed by atoms with Crippen LogP contribution < -0.4 is 10.4 Å². The number of nitrogens with one attached hydrogen (secondary N) is 1. The number of thioether (sulfide) groups is 1. The molecule has 1 atom stereocenters. The van der Waals surface area contributed by atoms with Crippen molar-refractivity contribution in [3.05, 3.63) is 56.0 Å². The summed E-state index contributed by atoms with van der Waals surface area (Å²) in [6, 6.07) is 8.65. The predicted molar refractivity (Wildman–Crippen MR) is 132 cm³/mol. The fraction of sp³-hybridized carbons (Fsp3) is 0.286. The summed E-state index contributed by atoms with van der Waals surface area (Å²) in [6.45, 7) is 9.84. The number of carbonyl (C=O) groups excluding carboxylic acids is 2. The van der Waals surface area contributed by atoms with Gasteiger partial charge in [-0.25, -0.2) is 5.01 Å². The van der Waals surface area contributed by atoms with Gasteiger partial charge in [-0.15, -0.1) is 11.8 Å². The molecule has 1 amide bonds. The van der Waals surface area contributed by atoms with Crippen LogP contribution in [-0.2, 0) is 9.59 Å². The normalized spacial score (nSPS) is 17.4. The van der Waals surface area contributed by atoms with E-state index in [1.807, 2.05) is 46.6 Å². The van der Waals surface area contributed by atoms with Gasteiger partial charge >= 0.3 is 0 Å². The number of halogens is 4. The van der Waals surface area contributed by atoms with Crippen LogP contribution in [0.4, 0.5) is 5.69 Å². The highest BCUT2D eigenvalue weighted by Gasteiger charge is 2.41. The van der Waals surface area contributed by atoms with E-state index in [9.17, 15) is 4.79 Å². The van der Waals surface area contributed by atoms with Crippen LogP contribution in [0.5, 0.6) is 0 Å². The van der Waals surface area contributed by atoms with Gasteiger partial charge in [0.05, 0.1) is 15.6 Å². The Kier molecular flexibility index (Phi) is 8.70. The monoisotopic (exact) mass is 519 g/mol. The molecule has 1 aliphatic heterocycles. The van der Waals surface area contributed by atoms with Crippen molar-refractivity contribution in [2.45, 2.75) is 43.4 Å². The third kappa shape index (κ3) is 6.30. The van der Waals surface area contributed by atoms with Gasteiger partial charge in [0, 0.05) is 14.9 Å². The Morgan fingerprint density at radius 1 is 1.03 bits per heavy atom. The van der Waals surface area contributed by atoms with Gasteiger partial charge in [-0.05, 0) is 63.6 Å². The summed E-state index contributed by atoms with van der Waals surface area (Å²) < 4.78 is 0. The van der Waals surface area contributed by atoms with Crippen molar-refractivity contribution in [2.75, 3.05) is 5.01 Å². The summed E-state index contributed by atoms with van der Waals surface area (Å²) in [5, 5.41) is 2.33. The van der Waals surface area contributed by atoms with Crippen LogP contribution in [0.1, 0.15) is 26.3 Å². The number of amides is 1. The lowest BCUT2D eigenvalue weighted by Gasteiger charge is -2.20. The Morgan fingerprint density at radius 3 is 2.13 bits per heavy atom. The largest absolute Gasteiger partial charge is 0.307 e. The van der Waals surface area contributed by atoms with E-state index in [1.165, 1.54) is 16.8 Å². The minimum Gasteiger partial charge on any atom is -0.307 e. The SMILES string of the molecule is C=O.Cc1cc(Cl)ccc1SC1C(=O)N(c2c(Cl)cc(Cl)cc2Cl)NC1=NC(C)(C)C. The van der Waals surface area contributed by atoms with Crippen LogP contribution >= 0.6 is 58.2 Å². The molecule has 1 fully saturated rings. The molecule has 31 heavy (non-hydrogen) atoms. The summed E-state index contributed by atoms with van der Waals surface area (Å²) in [4.78, 5) is 27.0. The van der Waals surface area contributed by atoms with Gasteiger partial charge in [0.1, 0.15) is 23.6 Å². The van der Waals surface area contributed by atoms with Crippen molar-refractivity contribution in [3.63, 3.8) is 0 Å². The van der Waals surface area contributed by atoms with Gasteiger partial charge in [0.25, 0.3) is 5.91 Å². The molecule has 3 rings (SSSR count). The highest BCUT2D eigenvalue weighted by molar-refractivity contribution is 8.01. The number of nitrogens with zero attached hydrogens (tertiary/aromatic N) is 2. The molecular weight excluding hydrogens is 500 g/mol. The quantitative estimate of drug-likeness (QED) is 0.493. The molecule has 0 spiro atoms. The fourth-order valence-electron chi connectivity index (χ4n) is 2.80. The Labute approximate surface area is 206 Å². The zero-order valence-corrected chi connectivity index (χ0v) is 21.1. The number of hydrogen-bond acceptors (Lipinski definition) is 4. The Morgan fingerprint density at radius 2 is 1.61 bits per heavy atom. The predicted octanol–water partition coefficient (Wildman–Crippen LogP) is 6.63. The third-order valence-electron chi connectivity index (χ3n) is 3.96. The van der Waals surface area contributed by atoms with E-state index >= 15 is 0 Å². The van der Waals surface area contributed by atoms with E-state index in [0.717, 1.165) is 10.5 Å². The molecule has 0 radical (unpaired) electrons. The number of hydrogen-bond donors (Lipinski definition) is 1. The standard InChI is InChI=1S/C20H19Cl4N3OS.CH2O/c1-10-7-11(21)5-6-15(10)29-17-18(25-20(2,3)4)26-27(19(17)28)16-13(23)8-12(22)9-14(16)24;1-2/h5-9,17H,1-4H3,(H,25,26);1H2. The number of aryl methyl sites for hydroxylation is 1. The van der Waals surface area contributed by atoms with E-state index in [2.05, 4.69) is 5.43 Å². The van der Waals surface area contributed by atoms with Gasteiger partial charge < -0.3 is 4.79 Å². The van der Waals surface area contributed by atoms with Crippen LogP contribution in [0.15, 0.2) is 40.2 Å². The van der Waals surface area contributed by atoms with E-state index < -0.39 is 5.25 Å². The molecule has 5 nitrogen and oxygen atoms in total. The summed E-state index contributed by atoms with van der Waals surface area (Å²) >= 11 is 26.2. The molecule has 2 aromatic carbocycles. The number of rotatable bonds is 3. The topological polar surface area (TPSA) is 61.8 Å². The molecule has 1 heterocycles. The number of carbonyl (C=O) groups is 2. The molecule has 1 N–H and O–H groups in total. The lowest BCUT2D eigenvalue weighted by atomic mass is 10.1. The first-order valence-corrected chi connectivity index (χ1v) is 11.4. The van der Waals surface area contributed by atoms with Crippen molar-refractivity contribution < 1.29 is 9.59 Å². The van der Waals surface area contributed by atoms with Gasteiger partial charge in [-0.3, -0.25) is 15.2 Å². The van der Waals surface area contributed by atoms with Crippen molar-refractivity contribution in [1.82, 2.24) is 5.43 Å². The van der Waals surface area contributed by atoms with E-state index in [0.29, 0.717) is 21.6 Å². The number of aliphatic imine (C=N–C) groups is 1. The zero-order valence-electron chi connectivity index (χ0n) is 17.3. The van der Waals surface area contributed by atoms with Crippen molar-refractivity contribution >= 4 is 82.4 Å². The highest BCUT2D eigenvalue weighted by Crippen LogP contribution is 2.40. The molecule has 0 bridgehead atoms. The zero-order chi connectivity index (χ0) is 23.5. The Balaban J connectivity index is 0.00000166. The second-order valence-electron chi connectivity index (χ2n) is 7.58. The van der Waals surface area contributed by atoms with Gasteiger partial charge in [-0.1, -0.05) is 46.4 Å². The van der Waals surface area contributed by atoms with Crippen molar-refractivity contribution in [1.29, 1.82) is 0 Å². The van der Waals surface area contributed by atoms with Crippen LogP contribution in [0, 0.1) is 6.92 Å². The first-order valence-electron chi connectivity index (χ1n) is 9.03. The average molecular weight is 521 g/mol. The lowest BCUT2D eigenvalue weighted by Crippen LogP contribution is -2.37. The van der Waals surface area contributed by atoms with E-state index in [1.54, 1.807) is 18.2 Å². The average Bonchev–Trinajstić information content (AvgIpc) is 2.92. The summed E-state index contributed by atoms with van der Waals surface area (Å²) in [7, 11) is 0. The first-order chi connectivity index (χ1) is 14.5. The minimum atomic E-state index is -0.586. The van der Waals surface area contributed by atoms with Crippen molar-refractivity contribution in [2.24, 2.45) is 4.99 Å². The van der Waals surface area contributed by atoms with Crippen molar-refractivity contribution in [3.8, 4) is 0 Å². The van der Waals surface area contributed by atoms with E-state index in [4.69, 9.17) is 56.2 Å². The molecule has 1 unspecified atom stereocenters. The molecule has 10 heteroatoms. The van der Waals surface area contributed by atoms with Gasteiger partial charge in [0.2, 0.25) is 0 Å². The number of amidine groups is 1. The fourth-order valence-corrected chi connectivity index (χ4v) is 5.08. The van der Waals surface area contributed by atoms with Crippen LogP contribution in [-0.4, -0.2) is 29.3 Å². The molecule has 1 saturated heterocycles. The summed E-state index contributed by atoms with van der Waals surface area (Å²) in [6.07, 6.45) is 0. The second kappa shape index (κ2) is 10.5. The minimum absolute atomic E-state index is 0.224. The third-order valence-corrected chi connectivity index (χ3v) is 6.36. The molecular formula is C21H21Cl4N3O2S. The van der Waals surface area contributed by atoms with Gasteiger partial charge in [-0.2, -0.15) is 0 Å². The van der Waals surface area contributed by atoms with E-state index in [-0.39, 0.29) is 21.5 Å². The van der Waals surface area contributed by atoms with Crippen LogP contribution in [0.2, 0.25) is 20.1 Å². The summed E-state index contributed by atoms with van der Waals surface area (Å²) in [5.74, 6) is 0.308. The molecule has 166 valence electrons. The maximum Gasteiger partial charge on any atom is 0.267 e. The number of benzene rings is 2. The summed E-state index contributed by atoms with van der Waals surface area (Å²) in [5.41, 5.74) is 4.03. The maximum absolute atomic E-state index is 13.4. The highest BCUT2D eigenvalue weighted by atomic mass is 35.5. The lowest BCUT2D eigenvalue weighted by molar-refractivity contribution is -0.116. The molecule has 0 aliphatic carbocycles. The maximum atomic E-state index is 13.4. The van der Waals surface area contributed by atoms with Crippen LogP contribution in [0.3, 0.4) is 0 Å². The number of hydrazine groups is 1. The Hall–Kier alpha value is -1.44. The number of anilines is 1. The molecule has 0 aromatic heterocycles. The second-order valence-corrected chi connectivity index (χ2v) is 10.4.